The van der Waals surface area contributed by atoms with Crippen molar-refractivity contribution in [3.63, 3.8) is 0 Å². The first-order valence-electron chi connectivity index (χ1n) is 15.7. The summed E-state index contributed by atoms with van der Waals surface area (Å²) in [5.41, 5.74) is 3.30. The van der Waals surface area contributed by atoms with Crippen molar-refractivity contribution in [1.29, 1.82) is 0 Å². The van der Waals surface area contributed by atoms with E-state index in [4.69, 9.17) is 9.72 Å². The first-order chi connectivity index (χ1) is 21.9. The molecule has 2 atom stereocenters. The summed E-state index contributed by atoms with van der Waals surface area (Å²) in [7, 11) is -3.70. The number of aromatic nitrogens is 1. The Hall–Kier alpha value is -3.32. The molecule has 0 radical (unpaired) electrons. The van der Waals surface area contributed by atoms with E-state index >= 15 is 0 Å². The summed E-state index contributed by atoms with van der Waals surface area (Å²) >= 11 is 3.01. The van der Waals surface area contributed by atoms with Crippen molar-refractivity contribution >= 4 is 59.9 Å². The minimum atomic E-state index is -3.70. The van der Waals surface area contributed by atoms with Crippen LogP contribution in [0.25, 0.3) is 20.8 Å². The highest BCUT2D eigenvalue weighted by atomic mass is 32.2. The van der Waals surface area contributed by atoms with E-state index in [0.29, 0.717) is 43.2 Å². The number of hydrogen-bond acceptors (Lipinski definition) is 8. The quantitative estimate of drug-likeness (QED) is 0.228. The minimum Gasteiger partial charge on any atom is -0.450 e. The number of fused-ring (bicyclic) bond motifs is 4. The highest BCUT2D eigenvalue weighted by molar-refractivity contribution is 7.89. The molecule has 3 aliphatic rings. The number of benzene rings is 2. The Balaban J connectivity index is 1.16. The normalized spacial score (nSPS) is 22.5. The molecular formula is C34H38N4O5S3. The summed E-state index contributed by atoms with van der Waals surface area (Å²) in [5, 5.41) is 4.58. The lowest BCUT2D eigenvalue weighted by Gasteiger charge is -2.39. The third-order valence-electron chi connectivity index (χ3n) is 9.41. The number of nitrogens with one attached hydrogen (secondary N) is 1. The third kappa shape index (κ3) is 5.63. The molecule has 4 heterocycles. The van der Waals surface area contributed by atoms with Crippen molar-refractivity contribution in [3.05, 3.63) is 64.5 Å². The summed E-state index contributed by atoms with van der Waals surface area (Å²) in [4.78, 5) is 33.9. The molecule has 9 nitrogen and oxygen atoms in total. The summed E-state index contributed by atoms with van der Waals surface area (Å²) < 4.78 is 35.6. The number of nitrogens with zero attached hydrogens (tertiary/aromatic N) is 3. The standard InChI is InChI=1S/C34H38N4O5S3/c1-5-43-32(40)37-15-14-24-27(18-37)45-31(28(24)30-35-25-8-6-7-9-26(25)44-30)36-29(39)21-10-12-23(13-11-21)46(41,42)38-20-34(4)17-22(38)16-33(2,3)19-34/h6-13,22H,5,14-20H2,1-4H3,(H,36,39). The van der Waals surface area contributed by atoms with Crippen molar-refractivity contribution in [2.45, 2.75) is 70.9 Å². The molecular weight excluding hydrogens is 641 g/mol. The van der Waals surface area contributed by atoms with Crippen LogP contribution in [-0.2, 0) is 27.7 Å². The molecule has 2 bridgehead atoms. The fourth-order valence-corrected chi connectivity index (χ4v) is 12.0. The van der Waals surface area contributed by atoms with Gasteiger partial charge in [0, 0.05) is 35.1 Å². The van der Waals surface area contributed by atoms with Gasteiger partial charge in [0.1, 0.15) is 10.0 Å². The Morgan fingerprint density at radius 2 is 1.83 bits per heavy atom. The summed E-state index contributed by atoms with van der Waals surface area (Å²) in [6.45, 7) is 10.2. The maximum Gasteiger partial charge on any atom is 0.410 e. The molecule has 2 fully saturated rings. The van der Waals surface area contributed by atoms with Gasteiger partial charge in [-0.25, -0.2) is 18.2 Å². The van der Waals surface area contributed by atoms with Crippen molar-refractivity contribution in [2.24, 2.45) is 10.8 Å². The van der Waals surface area contributed by atoms with Crippen LogP contribution in [0.15, 0.2) is 53.4 Å². The number of carbonyl (C=O) groups is 2. The number of amides is 2. The van der Waals surface area contributed by atoms with Crippen LogP contribution >= 0.6 is 22.7 Å². The number of hydrogen-bond donors (Lipinski definition) is 1. The zero-order valence-corrected chi connectivity index (χ0v) is 28.9. The lowest BCUT2D eigenvalue weighted by atomic mass is 9.65. The molecule has 1 saturated heterocycles. The average molecular weight is 679 g/mol. The number of carbonyl (C=O) groups excluding carboxylic acids is 2. The lowest BCUT2D eigenvalue weighted by molar-refractivity contribution is 0.102. The van der Waals surface area contributed by atoms with E-state index in [0.717, 1.165) is 50.5 Å². The second-order valence-electron chi connectivity index (χ2n) is 13.8. The van der Waals surface area contributed by atoms with Gasteiger partial charge in [0.05, 0.1) is 28.3 Å². The predicted octanol–water partition coefficient (Wildman–Crippen LogP) is 7.38. The Labute approximate surface area is 277 Å². The molecule has 2 unspecified atom stereocenters. The van der Waals surface area contributed by atoms with Gasteiger partial charge in [0.2, 0.25) is 10.0 Å². The van der Waals surface area contributed by atoms with Crippen LogP contribution < -0.4 is 5.32 Å². The first kappa shape index (κ1) is 31.3. The average Bonchev–Trinajstić information content (AvgIpc) is 3.66. The fourth-order valence-electron chi connectivity index (χ4n) is 7.85. The maximum atomic E-state index is 13.8. The van der Waals surface area contributed by atoms with Gasteiger partial charge in [0.25, 0.3) is 5.91 Å². The summed E-state index contributed by atoms with van der Waals surface area (Å²) in [6.07, 6.45) is 3.01. The van der Waals surface area contributed by atoms with Crippen molar-refractivity contribution < 1.29 is 22.7 Å². The van der Waals surface area contributed by atoms with Crippen LogP contribution in [0.1, 0.15) is 67.8 Å². The monoisotopic (exact) mass is 678 g/mol. The van der Waals surface area contributed by atoms with E-state index in [1.807, 2.05) is 24.3 Å². The number of rotatable bonds is 6. The number of sulfonamides is 1. The molecule has 0 spiro atoms. The van der Waals surface area contributed by atoms with Gasteiger partial charge in [-0.1, -0.05) is 32.9 Å². The zero-order chi connectivity index (χ0) is 32.4. The second-order valence-corrected chi connectivity index (χ2v) is 17.8. The Kier molecular flexibility index (Phi) is 7.77. The minimum absolute atomic E-state index is 0.00716. The highest BCUT2D eigenvalue weighted by Crippen LogP contribution is 2.54. The van der Waals surface area contributed by atoms with Gasteiger partial charge in [0.15, 0.2) is 0 Å². The highest BCUT2D eigenvalue weighted by Gasteiger charge is 2.53. The van der Waals surface area contributed by atoms with E-state index in [9.17, 15) is 18.0 Å². The fraction of sp³-hybridized carbons (Fsp3) is 0.441. The molecule has 242 valence electrons. The van der Waals surface area contributed by atoms with Gasteiger partial charge in [-0.2, -0.15) is 4.31 Å². The van der Waals surface area contributed by atoms with Gasteiger partial charge in [-0.05, 0) is 85.4 Å². The smallest absolute Gasteiger partial charge is 0.410 e. The van der Waals surface area contributed by atoms with Crippen LogP contribution in [0.4, 0.5) is 9.80 Å². The Bertz CT molecular complexity index is 1920. The second kappa shape index (κ2) is 11.4. The molecule has 2 aromatic carbocycles. The van der Waals surface area contributed by atoms with E-state index in [2.05, 4.69) is 26.1 Å². The third-order valence-corrected chi connectivity index (χ3v) is 13.5. The van der Waals surface area contributed by atoms with E-state index < -0.39 is 10.0 Å². The molecule has 1 aliphatic carbocycles. The van der Waals surface area contributed by atoms with Gasteiger partial charge < -0.3 is 15.0 Å². The topological polar surface area (TPSA) is 109 Å². The molecule has 1 N–H and O–H groups in total. The maximum absolute atomic E-state index is 13.8. The largest absolute Gasteiger partial charge is 0.450 e. The molecule has 12 heteroatoms. The molecule has 2 aliphatic heterocycles. The SMILES string of the molecule is CCOC(=O)N1CCc2c(sc(NC(=O)c3ccc(S(=O)(=O)N4CC5(C)CC4CC(C)(C)C5)cc3)c2-c2nc3ccccc3s2)C1. The van der Waals surface area contributed by atoms with Crippen LogP contribution in [0.3, 0.4) is 0 Å². The molecule has 4 aromatic rings. The lowest BCUT2D eigenvalue weighted by Crippen LogP contribution is -2.37. The van der Waals surface area contributed by atoms with E-state index in [1.165, 1.54) is 11.3 Å². The number of anilines is 1. The molecule has 2 aromatic heterocycles. The molecule has 7 rings (SSSR count). The Morgan fingerprint density at radius 3 is 2.57 bits per heavy atom. The van der Waals surface area contributed by atoms with Crippen molar-refractivity contribution in [1.82, 2.24) is 14.2 Å². The van der Waals surface area contributed by atoms with Crippen LogP contribution in [0.5, 0.6) is 0 Å². The molecule has 46 heavy (non-hydrogen) atoms. The van der Waals surface area contributed by atoms with Gasteiger partial charge in [-0.15, -0.1) is 22.7 Å². The zero-order valence-electron chi connectivity index (χ0n) is 26.5. The van der Waals surface area contributed by atoms with Crippen LogP contribution in [0, 0.1) is 10.8 Å². The predicted molar refractivity (Wildman–Crippen MR) is 182 cm³/mol. The van der Waals surface area contributed by atoms with Gasteiger partial charge >= 0.3 is 6.09 Å². The number of thiophene rings is 1. The first-order valence-corrected chi connectivity index (χ1v) is 18.8. The van der Waals surface area contributed by atoms with Crippen LogP contribution in [0.2, 0.25) is 0 Å². The van der Waals surface area contributed by atoms with E-state index in [1.54, 1.807) is 51.7 Å². The van der Waals surface area contributed by atoms with E-state index in [-0.39, 0.29) is 33.8 Å². The molecule has 1 saturated carbocycles. The van der Waals surface area contributed by atoms with Crippen LogP contribution in [-0.4, -0.2) is 60.3 Å². The van der Waals surface area contributed by atoms with Gasteiger partial charge in [-0.3, -0.25) is 4.79 Å². The number of ether oxygens (including phenoxy) is 1. The summed E-state index contributed by atoms with van der Waals surface area (Å²) in [6, 6.07) is 14.2. The number of para-hydroxylation sites is 1. The van der Waals surface area contributed by atoms with Crippen molar-refractivity contribution in [2.75, 3.05) is 25.0 Å². The Morgan fingerprint density at radius 1 is 1.07 bits per heavy atom. The number of thiazole rings is 1. The summed E-state index contributed by atoms with van der Waals surface area (Å²) in [5.74, 6) is -0.335. The molecule has 2 amide bonds. The van der Waals surface area contributed by atoms with Crippen molar-refractivity contribution in [3.8, 4) is 10.6 Å².